The number of likely N-dealkylation sites (tertiary alicyclic amines) is 2. The maximum Gasteiger partial charge on any atom is 0.313 e. The quantitative estimate of drug-likeness (QED) is 0.653. The minimum atomic E-state index is -1.01. The molecule has 27 heavy (non-hydrogen) atoms. The molecule has 7 nitrogen and oxygen atoms in total. The summed E-state index contributed by atoms with van der Waals surface area (Å²) in [6.07, 6.45) is 4.08. The van der Waals surface area contributed by atoms with Gasteiger partial charge in [-0.25, -0.2) is 0 Å². The minimum absolute atomic E-state index is 0.285. The van der Waals surface area contributed by atoms with E-state index in [0.29, 0.717) is 42.4 Å². The topological polar surface area (TPSA) is 113 Å². The van der Waals surface area contributed by atoms with Crippen molar-refractivity contribution in [3.8, 4) is 0 Å². The summed E-state index contributed by atoms with van der Waals surface area (Å²) in [6, 6.07) is 5.45. The first kappa shape index (κ1) is 19.5. The Labute approximate surface area is 160 Å². The van der Waals surface area contributed by atoms with Crippen molar-refractivity contribution in [2.75, 3.05) is 37.6 Å². The van der Waals surface area contributed by atoms with Gasteiger partial charge in [-0.2, -0.15) is 0 Å². The first-order chi connectivity index (χ1) is 12.8. The molecule has 0 saturated carbocycles. The number of aliphatic carboxylic acids is 1. The smallest absolute Gasteiger partial charge is 0.313 e. The average molecular weight is 374 g/mol. The van der Waals surface area contributed by atoms with Gasteiger partial charge in [-0.05, 0) is 56.8 Å². The lowest BCUT2D eigenvalue weighted by molar-refractivity contribution is -0.143. The van der Waals surface area contributed by atoms with E-state index in [-0.39, 0.29) is 5.91 Å². The lowest BCUT2D eigenvalue weighted by Crippen LogP contribution is -2.46. The third kappa shape index (κ3) is 4.03. The van der Waals surface area contributed by atoms with Crippen LogP contribution in [-0.2, 0) is 15.0 Å². The molecule has 3 rings (SSSR count). The highest BCUT2D eigenvalue weighted by Crippen LogP contribution is 2.32. The Morgan fingerprint density at radius 3 is 2.48 bits per heavy atom. The summed E-state index contributed by atoms with van der Waals surface area (Å²) in [5.74, 6) is -0.572. The van der Waals surface area contributed by atoms with Crippen LogP contribution in [0.1, 0.15) is 44.6 Å². The van der Waals surface area contributed by atoms with Crippen LogP contribution in [0.25, 0.3) is 0 Å². The number of nitrogen functional groups attached to an aromatic ring is 2. The molecule has 0 aromatic heterocycles. The van der Waals surface area contributed by atoms with Crippen LogP contribution < -0.4 is 11.5 Å². The molecule has 0 spiro atoms. The number of nitrogens with two attached hydrogens (primary N) is 2. The van der Waals surface area contributed by atoms with Crippen molar-refractivity contribution in [3.05, 3.63) is 23.8 Å². The maximum atomic E-state index is 12.0. The van der Waals surface area contributed by atoms with Gasteiger partial charge in [0.1, 0.15) is 0 Å². The second-order valence-corrected chi connectivity index (χ2v) is 7.99. The van der Waals surface area contributed by atoms with E-state index in [9.17, 15) is 14.7 Å². The molecule has 2 aliphatic heterocycles. The average Bonchev–Trinajstić information content (AvgIpc) is 3.08. The van der Waals surface area contributed by atoms with Gasteiger partial charge in [-0.15, -0.1) is 0 Å². The number of carboxylic acids is 1. The zero-order valence-corrected chi connectivity index (χ0v) is 16.0. The van der Waals surface area contributed by atoms with E-state index >= 15 is 0 Å². The number of piperidine rings is 1. The Balaban J connectivity index is 1.59. The SMILES string of the molecule is CC(CCN1CCC(N2CCCC2=O)CC1)(C(=O)O)c1ccc(N)c(N)c1. The van der Waals surface area contributed by atoms with Crippen molar-refractivity contribution in [2.45, 2.75) is 50.5 Å². The number of anilines is 2. The van der Waals surface area contributed by atoms with Crippen molar-refractivity contribution in [3.63, 3.8) is 0 Å². The third-order valence-electron chi connectivity index (χ3n) is 6.23. The second-order valence-electron chi connectivity index (χ2n) is 7.99. The van der Waals surface area contributed by atoms with Crippen molar-refractivity contribution in [1.29, 1.82) is 0 Å². The number of amides is 1. The molecule has 2 fully saturated rings. The van der Waals surface area contributed by atoms with Crippen LogP contribution in [0.3, 0.4) is 0 Å². The Morgan fingerprint density at radius 1 is 1.22 bits per heavy atom. The fraction of sp³-hybridized carbons (Fsp3) is 0.600. The summed E-state index contributed by atoms with van der Waals surface area (Å²) in [5.41, 5.74) is 12.2. The summed E-state index contributed by atoms with van der Waals surface area (Å²) in [5, 5.41) is 9.86. The van der Waals surface area contributed by atoms with E-state index < -0.39 is 11.4 Å². The molecular formula is C20H30N4O3. The van der Waals surface area contributed by atoms with Gasteiger partial charge in [-0.3, -0.25) is 9.59 Å². The van der Waals surface area contributed by atoms with Gasteiger partial charge < -0.3 is 26.4 Å². The molecule has 2 aliphatic rings. The van der Waals surface area contributed by atoms with Gasteiger partial charge in [0.2, 0.25) is 5.91 Å². The number of hydrogen-bond acceptors (Lipinski definition) is 5. The highest BCUT2D eigenvalue weighted by atomic mass is 16.4. The summed E-state index contributed by atoms with van der Waals surface area (Å²) in [6.45, 7) is 5.13. The second kappa shape index (κ2) is 7.76. The predicted octanol–water partition coefficient (Wildman–Crippen LogP) is 1.67. The normalized spacial score (nSPS) is 21.4. The van der Waals surface area contributed by atoms with E-state index in [1.165, 1.54) is 0 Å². The van der Waals surface area contributed by atoms with Gasteiger partial charge in [-0.1, -0.05) is 6.07 Å². The molecule has 1 unspecified atom stereocenters. The highest BCUT2D eigenvalue weighted by Gasteiger charge is 2.37. The minimum Gasteiger partial charge on any atom is -0.481 e. The van der Waals surface area contributed by atoms with Crippen molar-refractivity contribution >= 4 is 23.3 Å². The molecule has 1 amide bonds. The molecule has 1 aromatic carbocycles. The Hall–Kier alpha value is -2.28. The lowest BCUT2D eigenvalue weighted by atomic mass is 9.79. The zero-order valence-electron chi connectivity index (χ0n) is 16.0. The largest absolute Gasteiger partial charge is 0.481 e. The zero-order chi connectivity index (χ0) is 19.6. The third-order valence-corrected chi connectivity index (χ3v) is 6.23. The molecule has 5 N–H and O–H groups in total. The Morgan fingerprint density at radius 2 is 1.93 bits per heavy atom. The summed E-state index contributed by atoms with van der Waals surface area (Å²) in [4.78, 5) is 28.3. The van der Waals surface area contributed by atoms with E-state index in [4.69, 9.17) is 11.5 Å². The molecule has 0 aliphatic carbocycles. The van der Waals surface area contributed by atoms with E-state index in [1.807, 2.05) is 4.90 Å². The fourth-order valence-corrected chi connectivity index (χ4v) is 4.18. The van der Waals surface area contributed by atoms with Crippen LogP contribution in [0.15, 0.2) is 18.2 Å². The molecule has 1 atom stereocenters. The van der Waals surface area contributed by atoms with E-state index in [2.05, 4.69) is 4.90 Å². The molecule has 1 aromatic rings. The van der Waals surface area contributed by atoms with Crippen LogP contribution in [0.2, 0.25) is 0 Å². The first-order valence-corrected chi connectivity index (χ1v) is 9.72. The maximum absolute atomic E-state index is 12.0. The van der Waals surface area contributed by atoms with Crippen LogP contribution >= 0.6 is 0 Å². The summed E-state index contributed by atoms with van der Waals surface area (Å²) in [7, 11) is 0. The number of benzene rings is 1. The number of rotatable bonds is 6. The standard InChI is InChI=1S/C20H30N4O3/c1-20(19(26)27,14-4-5-16(21)17(22)13-14)8-12-23-10-6-15(7-11-23)24-9-2-3-18(24)25/h4-5,13,15H,2-3,6-12,21-22H2,1H3,(H,26,27). The van der Waals surface area contributed by atoms with Crippen LogP contribution in [0.5, 0.6) is 0 Å². The molecule has 2 heterocycles. The van der Waals surface area contributed by atoms with E-state index in [1.54, 1.807) is 25.1 Å². The number of nitrogens with zero attached hydrogens (tertiary/aromatic N) is 2. The van der Waals surface area contributed by atoms with Crippen molar-refractivity contribution in [1.82, 2.24) is 9.80 Å². The lowest BCUT2D eigenvalue weighted by Gasteiger charge is -2.38. The summed E-state index contributed by atoms with van der Waals surface area (Å²) < 4.78 is 0. The molecule has 0 radical (unpaired) electrons. The molecule has 2 saturated heterocycles. The summed E-state index contributed by atoms with van der Waals surface area (Å²) >= 11 is 0. The van der Waals surface area contributed by atoms with Gasteiger partial charge in [0.05, 0.1) is 16.8 Å². The number of carbonyl (C=O) groups excluding carboxylic acids is 1. The number of carbonyl (C=O) groups is 2. The van der Waals surface area contributed by atoms with Crippen molar-refractivity contribution < 1.29 is 14.7 Å². The Kier molecular flexibility index (Phi) is 5.60. The van der Waals surface area contributed by atoms with Crippen LogP contribution in [0.4, 0.5) is 11.4 Å². The molecular weight excluding hydrogens is 344 g/mol. The van der Waals surface area contributed by atoms with Gasteiger partial charge >= 0.3 is 5.97 Å². The molecule has 148 valence electrons. The van der Waals surface area contributed by atoms with Crippen LogP contribution in [-0.4, -0.2) is 59.0 Å². The molecule has 0 bridgehead atoms. The predicted molar refractivity (Wildman–Crippen MR) is 105 cm³/mol. The van der Waals surface area contributed by atoms with E-state index in [0.717, 1.165) is 38.9 Å². The van der Waals surface area contributed by atoms with Crippen LogP contribution in [0, 0.1) is 0 Å². The monoisotopic (exact) mass is 374 g/mol. The number of hydrogen-bond donors (Lipinski definition) is 3. The first-order valence-electron chi connectivity index (χ1n) is 9.72. The molecule has 7 heteroatoms. The fourth-order valence-electron chi connectivity index (χ4n) is 4.18. The number of carboxylic acid groups (broad SMARTS) is 1. The van der Waals surface area contributed by atoms with Gasteiger partial charge in [0.25, 0.3) is 0 Å². The Bertz CT molecular complexity index is 715. The van der Waals surface area contributed by atoms with Gasteiger partial charge in [0.15, 0.2) is 0 Å². The highest BCUT2D eigenvalue weighted by molar-refractivity contribution is 5.82. The van der Waals surface area contributed by atoms with Gasteiger partial charge in [0, 0.05) is 32.1 Å². The van der Waals surface area contributed by atoms with Crippen molar-refractivity contribution in [2.24, 2.45) is 0 Å².